The predicted octanol–water partition coefficient (Wildman–Crippen LogP) is -0.421. The number of ether oxygens (including phenoxy) is 2. The fraction of sp³-hybridized carbons (Fsp3) is 0.529. The second-order valence-corrected chi connectivity index (χ2v) is 5.27. The van der Waals surface area contributed by atoms with E-state index in [-0.39, 0.29) is 5.91 Å². The molecule has 1 rings (SSSR count). The third kappa shape index (κ3) is 10.3. The first-order valence-electron chi connectivity index (χ1n) is 8.20. The molecule has 1 aromatic rings. The average molecular weight is 354 g/mol. The number of aliphatic hydroxyl groups excluding tert-OH is 2. The second-order valence-electron chi connectivity index (χ2n) is 5.27. The maximum atomic E-state index is 10.9. The molecule has 0 fully saturated rings. The largest absolute Gasteiger partial charge is 0.494 e. The maximum Gasteiger partial charge on any atom is 0.245 e. The van der Waals surface area contributed by atoms with E-state index in [9.17, 15) is 9.59 Å². The highest BCUT2D eigenvalue weighted by Gasteiger charge is 2.00. The summed E-state index contributed by atoms with van der Waals surface area (Å²) in [5.41, 5.74) is 0.977. The maximum absolute atomic E-state index is 10.9. The Morgan fingerprint density at radius 2 is 1.60 bits per heavy atom. The molecule has 0 aliphatic rings. The van der Waals surface area contributed by atoms with Crippen molar-refractivity contribution >= 4 is 11.8 Å². The standard InChI is InChI=1S/C17H26N2O6/c20-11-16(22)18-6-2-8-24-13-14-4-1-5-15(10-14)25-9-3-7-19-17(23)12-21/h1,4-5,10,20-21H,2-3,6-9,11-13H2,(H,18,22)(H,19,23). The van der Waals surface area contributed by atoms with Crippen molar-refractivity contribution < 1.29 is 29.3 Å². The van der Waals surface area contributed by atoms with E-state index in [2.05, 4.69) is 10.6 Å². The number of rotatable bonds is 13. The summed E-state index contributed by atoms with van der Waals surface area (Å²) >= 11 is 0. The Morgan fingerprint density at radius 3 is 2.24 bits per heavy atom. The van der Waals surface area contributed by atoms with Crippen LogP contribution in [0.15, 0.2) is 24.3 Å². The van der Waals surface area contributed by atoms with Gasteiger partial charge in [0.05, 0.1) is 13.2 Å². The van der Waals surface area contributed by atoms with E-state index in [1.807, 2.05) is 24.3 Å². The van der Waals surface area contributed by atoms with Crippen LogP contribution in [0.25, 0.3) is 0 Å². The summed E-state index contributed by atoms with van der Waals surface area (Å²) in [4.78, 5) is 21.7. The van der Waals surface area contributed by atoms with Crippen LogP contribution in [-0.2, 0) is 20.9 Å². The van der Waals surface area contributed by atoms with Gasteiger partial charge in [-0.05, 0) is 30.5 Å². The van der Waals surface area contributed by atoms with Crippen LogP contribution in [0.4, 0.5) is 0 Å². The molecular weight excluding hydrogens is 328 g/mol. The number of carbonyl (C=O) groups is 2. The molecule has 0 atom stereocenters. The van der Waals surface area contributed by atoms with Gasteiger partial charge in [-0.15, -0.1) is 0 Å². The molecule has 0 bridgehead atoms. The Morgan fingerprint density at radius 1 is 0.960 bits per heavy atom. The Labute approximate surface area is 147 Å². The fourth-order valence-corrected chi connectivity index (χ4v) is 1.92. The molecule has 0 aromatic heterocycles. The summed E-state index contributed by atoms with van der Waals surface area (Å²) in [6.07, 6.45) is 1.31. The van der Waals surface area contributed by atoms with Crippen LogP contribution in [0.1, 0.15) is 18.4 Å². The van der Waals surface area contributed by atoms with Crippen LogP contribution in [0.2, 0.25) is 0 Å². The van der Waals surface area contributed by atoms with Crippen molar-refractivity contribution in [3.63, 3.8) is 0 Å². The average Bonchev–Trinajstić information content (AvgIpc) is 2.64. The third-order valence-electron chi connectivity index (χ3n) is 3.15. The van der Waals surface area contributed by atoms with Gasteiger partial charge >= 0.3 is 0 Å². The van der Waals surface area contributed by atoms with E-state index in [0.717, 1.165) is 11.3 Å². The Kier molecular flexibility index (Phi) is 11.0. The molecule has 0 saturated heterocycles. The van der Waals surface area contributed by atoms with Gasteiger partial charge in [-0.25, -0.2) is 0 Å². The molecule has 0 radical (unpaired) electrons. The number of benzene rings is 1. The highest BCUT2D eigenvalue weighted by Crippen LogP contribution is 2.14. The quantitative estimate of drug-likeness (QED) is 0.358. The smallest absolute Gasteiger partial charge is 0.245 e. The summed E-state index contributed by atoms with van der Waals surface area (Å²) < 4.78 is 11.1. The molecule has 1 aromatic carbocycles. The molecule has 0 spiro atoms. The summed E-state index contributed by atoms with van der Waals surface area (Å²) in [5, 5.41) is 22.2. The number of nitrogens with one attached hydrogen (secondary N) is 2. The molecular formula is C17H26N2O6. The van der Waals surface area contributed by atoms with Gasteiger partial charge in [0.25, 0.3) is 0 Å². The molecule has 8 heteroatoms. The van der Waals surface area contributed by atoms with Gasteiger partial charge in [0.1, 0.15) is 19.0 Å². The van der Waals surface area contributed by atoms with E-state index in [1.165, 1.54) is 0 Å². The van der Waals surface area contributed by atoms with Crippen molar-refractivity contribution in [1.29, 1.82) is 0 Å². The first-order chi connectivity index (χ1) is 12.2. The van der Waals surface area contributed by atoms with Gasteiger partial charge in [-0.2, -0.15) is 0 Å². The lowest BCUT2D eigenvalue weighted by Gasteiger charge is -2.09. The zero-order valence-electron chi connectivity index (χ0n) is 14.2. The van der Waals surface area contributed by atoms with Crippen molar-refractivity contribution in [1.82, 2.24) is 10.6 Å². The SMILES string of the molecule is O=C(CO)NCCCOCc1cccc(OCCCNC(=O)CO)c1. The van der Waals surface area contributed by atoms with Gasteiger partial charge in [0.15, 0.2) is 0 Å². The number of carbonyl (C=O) groups excluding carboxylic acids is 2. The van der Waals surface area contributed by atoms with Gasteiger partial charge in [-0.1, -0.05) is 12.1 Å². The Bertz CT molecular complexity index is 524. The zero-order valence-corrected chi connectivity index (χ0v) is 14.2. The molecule has 0 unspecified atom stereocenters. The highest BCUT2D eigenvalue weighted by molar-refractivity contribution is 5.77. The molecule has 140 valence electrons. The number of hydrogen-bond acceptors (Lipinski definition) is 6. The van der Waals surface area contributed by atoms with Crippen LogP contribution in [0, 0.1) is 0 Å². The molecule has 8 nitrogen and oxygen atoms in total. The molecule has 0 saturated carbocycles. The lowest BCUT2D eigenvalue weighted by molar-refractivity contribution is -0.124. The summed E-state index contributed by atoms with van der Waals surface area (Å²) in [6.45, 7) is 1.32. The monoisotopic (exact) mass is 354 g/mol. The Balaban J connectivity index is 2.15. The number of hydrogen-bond donors (Lipinski definition) is 4. The highest BCUT2D eigenvalue weighted by atomic mass is 16.5. The van der Waals surface area contributed by atoms with Gasteiger partial charge in [0.2, 0.25) is 11.8 Å². The summed E-state index contributed by atoms with van der Waals surface area (Å²) in [5.74, 6) is -0.0550. The predicted molar refractivity (Wildman–Crippen MR) is 91.0 cm³/mol. The molecule has 0 aliphatic carbocycles. The lowest BCUT2D eigenvalue weighted by Crippen LogP contribution is -2.27. The summed E-state index contributed by atoms with van der Waals surface area (Å²) in [7, 11) is 0. The molecule has 0 heterocycles. The first kappa shape index (κ1) is 20.9. The Hall–Kier alpha value is -2.16. The normalized spacial score (nSPS) is 10.3. The summed E-state index contributed by atoms with van der Waals surface area (Å²) in [6, 6.07) is 7.55. The number of aliphatic hydroxyl groups is 2. The first-order valence-corrected chi connectivity index (χ1v) is 8.20. The van der Waals surface area contributed by atoms with Crippen LogP contribution in [0.5, 0.6) is 5.75 Å². The van der Waals surface area contributed by atoms with Crippen molar-refractivity contribution in [2.75, 3.05) is 39.5 Å². The van der Waals surface area contributed by atoms with Crippen molar-refractivity contribution in [2.24, 2.45) is 0 Å². The van der Waals surface area contributed by atoms with Gasteiger partial charge < -0.3 is 30.3 Å². The second kappa shape index (κ2) is 13.2. The van der Waals surface area contributed by atoms with Gasteiger partial charge in [-0.3, -0.25) is 9.59 Å². The van der Waals surface area contributed by atoms with Crippen LogP contribution < -0.4 is 15.4 Å². The number of amides is 2. The molecule has 2 amide bonds. The van der Waals surface area contributed by atoms with E-state index in [0.29, 0.717) is 45.8 Å². The van der Waals surface area contributed by atoms with E-state index in [4.69, 9.17) is 19.7 Å². The van der Waals surface area contributed by atoms with Crippen LogP contribution in [0.3, 0.4) is 0 Å². The third-order valence-corrected chi connectivity index (χ3v) is 3.15. The zero-order chi connectivity index (χ0) is 18.3. The van der Waals surface area contributed by atoms with Crippen LogP contribution in [-0.4, -0.2) is 61.5 Å². The van der Waals surface area contributed by atoms with E-state index >= 15 is 0 Å². The van der Waals surface area contributed by atoms with Crippen molar-refractivity contribution in [2.45, 2.75) is 19.4 Å². The minimum atomic E-state index is -0.503. The van der Waals surface area contributed by atoms with Crippen molar-refractivity contribution in [3.05, 3.63) is 29.8 Å². The van der Waals surface area contributed by atoms with Crippen molar-refractivity contribution in [3.8, 4) is 5.75 Å². The molecule has 4 N–H and O–H groups in total. The van der Waals surface area contributed by atoms with E-state index in [1.54, 1.807) is 0 Å². The topological polar surface area (TPSA) is 117 Å². The lowest BCUT2D eigenvalue weighted by atomic mass is 10.2. The fourth-order valence-electron chi connectivity index (χ4n) is 1.92. The molecule has 25 heavy (non-hydrogen) atoms. The van der Waals surface area contributed by atoms with Gasteiger partial charge in [0, 0.05) is 19.7 Å². The van der Waals surface area contributed by atoms with Crippen LogP contribution >= 0.6 is 0 Å². The minimum Gasteiger partial charge on any atom is -0.494 e. The molecule has 0 aliphatic heterocycles. The minimum absolute atomic E-state index is 0.388. The van der Waals surface area contributed by atoms with E-state index < -0.39 is 19.1 Å².